The zero-order chi connectivity index (χ0) is 15.4. The number of thiazole rings is 1. The zero-order valence-corrected chi connectivity index (χ0v) is 13.9. The van der Waals surface area contributed by atoms with Gasteiger partial charge in [0.2, 0.25) is 0 Å². The lowest BCUT2D eigenvalue weighted by molar-refractivity contribution is 1.37. The van der Waals surface area contributed by atoms with E-state index in [0.717, 1.165) is 26.3 Å². The molecule has 0 bridgehead atoms. The maximum absolute atomic E-state index is 9.44. The molecule has 0 fully saturated rings. The topological polar surface area (TPSA) is 36.7 Å². The Hall–Kier alpha value is -2.22. The smallest absolute Gasteiger partial charge is 0.134 e. The Balaban J connectivity index is 1.98. The fraction of sp³-hybridized carbons (Fsp3) is 0. The molecule has 1 heterocycles. The van der Waals surface area contributed by atoms with Gasteiger partial charge in [0.05, 0.1) is 11.3 Å². The first-order chi connectivity index (χ1) is 10.8. The Labute approximate surface area is 141 Å². The summed E-state index contributed by atoms with van der Waals surface area (Å²) in [5.74, 6) is 0. The number of allylic oxidation sites excluding steroid dienone is 1. The van der Waals surface area contributed by atoms with Crippen molar-refractivity contribution in [1.29, 1.82) is 5.26 Å². The van der Waals surface area contributed by atoms with E-state index in [2.05, 4.69) is 27.0 Å². The van der Waals surface area contributed by atoms with Crippen LogP contribution in [0.2, 0.25) is 0 Å². The molecule has 0 unspecified atom stereocenters. The van der Waals surface area contributed by atoms with Crippen LogP contribution in [0.4, 0.5) is 0 Å². The summed E-state index contributed by atoms with van der Waals surface area (Å²) >= 11 is 4.98. The van der Waals surface area contributed by atoms with E-state index in [1.165, 1.54) is 11.3 Å². The van der Waals surface area contributed by atoms with Gasteiger partial charge < -0.3 is 0 Å². The highest BCUT2D eigenvalue weighted by molar-refractivity contribution is 9.10. The molecule has 0 saturated heterocycles. The second-order valence-corrected chi connectivity index (χ2v) is 6.31. The van der Waals surface area contributed by atoms with Gasteiger partial charge in [-0.05, 0) is 17.7 Å². The summed E-state index contributed by atoms with van der Waals surface area (Å²) in [6, 6.07) is 20.0. The monoisotopic (exact) mass is 366 g/mol. The summed E-state index contributed by atoms with van der Waals surface area (Å²) in [5.41, 5.74) is 3.49. The quantitative estimate of drug-likeness (QED) is 0.562. The summed E-state index contributed by atoms with van der Waals surface area (Å²) in [6.45, 7) is 0. The normalized spacial score (nSPS) is 11.2. The van der Waals surface area contributed by atoms with Gasteiger partial charge in [-0.25, -0.2) is 4.98 Å². The molecular formula is C18H11BrN2S. The van der Waals surface area contributed by atoms with Crippen LogP contribution in [0.3, 0.4) is 0 Å². The van der Waals surface area contributed by atoms with E-state index in [0.29, 0.717) is 5.57 Å². The van der Waals surface area contributed by atoms with Crippen LogP contribution in [0.15, 0.2) is 64.5 Å². The van der Waals surface area contributed by atoms with Gasteiger partial charge in [-0.1, -0.05) is 64.5 Å². The molecule has 0 radical (unpaired) electrons. The Morgan fingerprint density at radius 1 is 1.09 bits per heavy atom. The number of hydrogen-bond acceptors (Lipinski definition) is 3. The summed E-state index contributed by atoms with van der Waals surface area (Å²) in [7, 11) is 0. The summed E-state index contributed by atoms with van der Waals surface area (Å²) in [4.78, 5) is 4.59. The van der Waals surface area contributed by atoms with Gasteiger partial charge >= 0.3 is 0 Å². The zero-order valence-electron chi connectivity index (χ0n) is 11.5. The van der Waals surface area contributed by atoms with Gasteiger partial charge in [-0.15, -0.1) is 11.3 Å². The molecule has 4 heteroatoms. The van der Waals surface area contributed by atoms with Crippen LogP contribution >= 0.6 is 27.3 Å². The Kier molecular flexibility index (Phi) is 4.47. The van der Waals surface area contributed by atoms with E-state index in [9.17, 15) is 5.26 Å². The van der Waals surface area contributed by atoms with Crippen molar-refractivity contribution in [2.75, 3.05) is 0 Å². The van der Waals surface area contributed by atoms with Gasteiger partial charge in [-0.3, -0.25) is 0 Å². The number of aromatic nitrogens is 1. The molecule has 3 aromatic rings. The maximum Gasteiger partial charge on any atom is 0.134 e. The first kappa shape index (κ1) is 14.7. The highest BCUT2D eigenvalue weighted by atomic mass is 79.9. The van der Waals surface area contributed by atoms with Crippen LogP contribution in [-0.4, -0.2) is 4.98 Å². The third-order valence-electron chi connectivity index (χ3n) is 3.13. The predicted molar refractivity (Wildman–Crippen MR) is 95.2 cm³/mol. The summed E-state index contributed by atoms with van der Waals surface area (Å²) in [6.07, 6.45) is 1.86. The van der Waals surface area contributed by atoms with E-state index >= 15 is 0 Å². The van der Waals surface area contributed by atoms with E-state index in [1.807, 2.05) is 66.1 Å². The number of benzene rings is 2. The lowest BCUT2D eigenvalue weighted by Gasteiger charge is -1.99. The van der Waals surface area contributed by atoms with Crippen LogP contribution in [0.1, 0.15) is 10.6 Å². The van der Waals surface area contributed by atoms with Gasteiger partial charge in [0, 0.05) is 15.4 Å². The van der Waals surface area contributed by atoms with E-state index in [-0.39, 0.29) is 0 Å². The lowest BCUT2D eigenvalue weighted by Crippen LogP contribution is -1.83. The molecule has 106 valence electrons. The highest BCUT2D eigenvalue weighted by Crippen LogP contribution is 2.28. The standard InChI is InChI=1S/C18H11BrN2S/c19-16-9-5-4-8-14(16)10-15(11-20)18-21-17(12-22-18)13-6-2-1-3-7-13/h1-10,12H. The van der Waals surface area contributed by atoms with Crippen molar-refractivity contribution in [3.8, 4) is 17.3 Å². The fourth-order valence-electron chi connectivity index (χ4n) is 2.03. The first-order valence-electron chi connectivity index (χ1n) is 6.65. The number of halogens is 1. The van der Waals surface area contributed by atoms with Crippen molar-refractivity contribution in [3.05, 3.63) is 75.0 Å². The van der Waals surface area contributed by atoms with Gasteiger partial charge in [0.15, 0.2) is 0 Å². The molecule has 0 saturated carbocycles. The average Bonchev–Trinajstić information content (AvgIpc) is 3.05. The first-order valence-corrected chi connectivity index (χ1v) is 8.33. The van der Waals surface area contributed by atoms with E-state index < -0.39 is 0 Å². The fourth-order valence-corrected chi connectivity index (χ4v) is 3.22. The highest BCUT2D eigenvalue weighted by Gasteiger charge is 2.09. The van der Waals surface area contributed by atoms with E-state index in [4.69, 9.17) is 0 Å². The van der Waals surface area contributed by atoms with Crippen molar-refractivity contribution < 1.29 is 0 Å². The minimum absolute atomic E-state index is 0.569. The van der Waals surface area contributed by atoms with Crippen molar-refractivity contribution in [2.24, 2.45) is 0 Å². The molecule has 0 atom stereocenters. The van der Waals surface area contributed by atoms with Gasteiger partial charge in [-0.2, -0.15) is 5.26 Å². The Morgan fingerprint density at radius 2 is 1.82 bits per heavy atom. The summed E-state index contributed by atoms with van der Waals surface area (Å²) in [5, 5.41) is 12.2. The van der Waals surface area contributed by atoms with Crippen molar-refractivity contribution >= 4 is 38.9 Å². The van der Waals surface area contributed by atoms with Crippen LogP contribution in [0, 0.1) is 11.3 Å². The minimum Gasteiger partial charge on any atom is -0.235 e. The number of hydrogen-bond donors (Lipinski definition) is 0. The molecule has 0 aliphatic carbocycles. The molecule has 2 nitrogen and oxygen atoms in total. The second kappa shape index (κ2) is 6.69. The molecule has 22 heavy (non-hydrogen) atoms. The van der Waals surface area contributed by atoms with Crippen molar-refractivity contribution in [1.82, 2.24) is 4.98 Å². The molecule has 0 N–H and O–H groups in total. The molecule has 0 aliphatic heterocycles. The third kappa shape index (κ3) is 3.16. The number of nitrogens with zero attached hydrogens (tertiary/aromatic N) is 2. The van der Waals surface area contributed by atoms with Crippen LogP contribution in [0.5, 0.6) is 0 Å². The number of rotatable bonds is 3. The molecule has 3 rings (SSSR count). The van der Waals surface area contributed by atoms with Crippen LogP contribution in [-0.2, 0) is 0 Å². The van der Waals surface area contributed by atoms with Gasteiger partial charge in [0.25, 0.3) is 0 Å². The van der Waals surface area contributed by atoms with Gasteiger partial charge in [0.1, 0.15) is 11.1 Å². The molecule has 1 aromatic heterocycles. The third-order valence-corrected chi connectivity index (χ3v) is 4.73. The van der Waals surface area contributed by atoms with E-state index in [1.54, 1.807) is 0 Å². The Morgan fingerprint density at radius 3 is 2.55 bits per heavy atom. The molecule has 2 aromatic carbocycles. The van der Waals surface area contributed by atoms with Crippen LogP contribution in [0.25, 0.3) is 22.9 Å². The summed E-state index contributed by atoms with van der Waals surface area (Å²) < 4.78 is 0.961. The maximum atomic E-state index is 9.44. The van der Waals surface area contributed by atoms with Crippen molar-refractivity contribution in [3.63, 3.8) is 0 Å². The molecule has 0 spiro atoms. The SMILES string of the molecule is N#CC(=Cc1ccccc1Br)c1nc(-c2ccccc2)cs1. The average molecular weight is 367 g/mol. The molecule has 0 aliphatic rings. The molecular weight excluding hydrogens is 356 g/mol. The second-order valence-electron chi connectivity index (χ2n) is 4.60. The lowest BCUT2D eigenvalue weighted by atomic mass is 10.1. The largest absolute Gasteiger partial charge is 0.235 e. The Bertz CT molecular complexity index is 860. The molecule has 0 amide bonds. The number of nitriles is 1. The minimum atomic E-state index is 0.569. The predicted octanol–water partition coefficient (Wildman–Crippen LogP) is 5.64. The van der Waals surface area contributed by atoms with Crippen molar-refractivity contribution in [2.45, 2.75) is 0 Å². The van der Waals surface area contributed by atoms with Crippen LogP contribution < -0.4 is 0 Å².